The molecule has 0 amide bonds. The van der Waals surface area contributed by atoms with Crippen molar-refractivity contribution < 1.29 is 29.3 Å². The molecule has 0 radical (unpaired) electrons. The number of piperidine rings is 1. The van der Waals surface area contributed by atoms with Crippen LogP contribution in [0.5, 0.6) is 11.5 Å². The summed E-state index contributed by atoms with van der Waals surface area (Å²) < 4.78 is 97.3. The summed E-state index contributed by atoms with van der Waals surface area (Å²) in [6.07, 6.45) is -5.51. The standard InChI is InChI=1S/C20H29NO3/c1-5-13(2)8-15-12-21-7-6-14-9-19(23-3)20(24-4)10-16(14)17(21)11-18(15)22/h9-10,13,15,17H,5-8,11-12H2,1-4H3/i2D3,3D3,5D2,8D2,13D. The first kappa shape index (κ1) is 8.22. The topological polar surface area (TPSA) is 38.8 Å². The molecule has 4 nitrogen and oxygen atoms in total. The Hall–Kier alpha value is -1.55. The molecule has 1 saturated heterocycles. The number of ether oxygens (including phenoxy) is 2. The highest BCUT2D eigenvalue weighted by Gasteiger charge is 2.38. The van der Waals surface area contributed by atoms with Crippen molar-refractivity contribution in [1.82, 2.24) is 4.90 Å². The quantitative estimate of drug-likeness (QED) is 0.819. The van der Waals surface area contributed by atoms with Crippen LogP contribution in [0.4, 0.5) is 0 Å². The molecule has 1 fully saturated rings. The van der Waals surface area contributed by atoms with Gasteiger partial charge in [-0.15, -0.1) is 0 Å². The molecular formula is C20H29NO3. The fraction of sp³-hybridized carbons (Fsp3) is 0.650. The Bertz CT molecular complexity index is 970. The van der Waals surface area contributed by atoms with E-state index in [1.165, 1.54) is 7.11 Å². The predicted molar refractivity (Wildman–Crippen MR) is 94.8 cm³/mol. The molecule has 0 bridgehead atoms. The van der Waals surface area contributed by atoms with Crippen LogP contribution in [0.25, 0.3) is 0 Å². The molecule has 3 atom stereocenters. The van der Waals surface area contributed by atoms with Crippen LogP contribution in [0.2, 0.25) is 0 Å². The van der Waals surface area contributed by atoms with Gasteiger partial charge in [-0.2, -0.15) is 0 Å². The monoisotopic (exact) mass is 342 g/mol. The van der Waals surface area contributed by atoms with Crippen LogP contribution in [0.1, 0.15) is 65.2 Å². The summed E-state index contributed by atoms with van der Waals surface area (Å²) in [5, 5.41) is 0. The Morgan fingerprint density at radius 1 is 1.46 bits per heavy atom. The Morgan fingerprint density at radius 2 is 2.29 bits per heavy atom. The summed E-state index contributed by atoms with van der Waals surface area (Å²) in [7, 11) is -1.33. The Morgan fingerprint density at radius 3 is 3.00 bits per heavy atom. The van der Waals surface area contributed by atoms with Crippen molar-refractivity contribution in [3.8, 4) is 11.5 Å². The van der Waals surface area contributed by atoms with E-state index in [2.05, 4.69) is 0 Å². The Balaban J connectivity index is 1.98. The zero-order chi connectivity index (χ0) is 26.8. The van der Waals surface area contributed by atoms with E-state index in [1.54, 1.807) is 12.1 Å². The van der Waals surface area contributed by atoms with Gasteiger partial charge in [-0.3, -0.25) is 9.69 Å². The number of hydrogen-bond donors (Lipinski definition) is 0. The number of rotatable bonds is 5. The van der Waals surface area contributed by atoms with Gasteiger partial charge in [-0.25, -0.2) is 0 Å². The number of benzene rings is 1. The second-order valence-electron chi connectivity index (χ2n) is 6.06. The van der Waals surface area contributed by atoms with Crippen molar-refractivity contribution in [1.29, 1.82) is 0 Å². The first-order chi connectivity index (χ1) is 15.7. The van der Waals surface area contributed by atoms with Gasteiger partial charge in [0.05, 0.1) is 18.3 Å². The van der Waals surface area contributed by atoms with Gasteiger partial charge in [0.1, 0.15) is 5.78 Å². The SMILES string of the molecule is [2H]C([2H])([2H])Oc1cc2c(cc1OC)C1CC(=O)C(C([2H])([2H])C([2H])(C([2H])([2H])[2H])C([2H])([2H])C)CN1CC2. The van der Waals surface area contributed by atoms with Gasteiger partial charge < -0.3 is 9.47 Å². The minimum atomic E-state index is -3.33. The Labute approximate surface area is 160 Å². The van der Waals surface area contributed by atoms with Crippen molar-refractivity contribution >= 4 is 5.78 Å². The van der Waals surface area contributed by atoms with E-state index in [-0.39, 0.29) is 24.5 Å². The van der Waals surface area contributed by atoms with Gasteiger partial charge in [0.2, 0.25) is 0 Å². The summed E-state index contributed by atoms with van der Waals surface area (Å²) in [6, 6.07) is 2.67. The van der Waals surface area contributed by atoms with Gasteiger partial charge in [0.25, 0.3) is 0 Å². The van der Waals surface area contributed by atoms with Crippen LogP contribution < -0.4 is 9.47 Å². The van der Waals surface area contributed by atoms with Crippen molar-refractivity contribution in [2.75, 3.05) is 27.2 Å². The molecule has 0 spiro atoms. The molecule has 1 aromatic carbocycles. The number of nitrogens with zero attached hydrogens (tertiary/aromatic N) is 1. The average molecular weight is 343 g/mol. The van der Waals surface area contributed by atoms with E-state index in [9.17, 15) is 4.79 Å². The second-order valence-corrected chi connectivity index (χ2v) is 6.06. The van der Waals surface area contributed by atoms with Crippen molar-refractivity contribution in [3.63, 3.8) is 0 Å². The molecule has 0 saturated carbocycles. The number of ketones is 1. The highest BCUT2D eigenvalue weighted by molar-refractivity contribution is 5.83. The summed E-state index contributed by atoms with van der Waals surface area (Å²) in [6.45, 7) is -2.29. The molecule has 3 rings (SSSR count). The second kappa shape index (κ2) is 7.14. The highest BCUT2D eigenvalue weighted by atomic mass is 16.5. The van der Waals surface area contributed by atoms with Crippen molar-refractivity contribution in [2.24, 2.45) is 11.8 Å². The third-order valence-corrected chi connectivity index (χ3v) is 4.77. The number of methoxy groups -OCH3 is 2. The molecule has 4 heteroatoms. The van der Waals surface area contributed by atoms with Gasteiger partial charge >= 0.3 is 0 Å². The summed E-state index contributed by atoms with van der Waals surface area (Å²) in [5.74, 6) is -5.10. The normalized spacial score (nSPS) is 35.2. The molecule has 2 aliphatic rings. The molecule has 2 heterocycles. The first-order valence-corrected chi connectivity index (χ1v) is 7.91. The zero-order valence-corrected chi connectivity index (χ0v) is 13.8. The first-order valence-electron chi connectivity index (χ1n) is 13.4. The number of hydrogen-bond acceptors (Lipinski definition) is 4. The molecule has 1 aromatic rings. The maximum absolute atomic E-state index is 13.2. The van der Waals surface area contributed by atoms with E-state index in [0.29, 0.717) is 18.5 Å². The minimum Gasteiger partial charge on any atom is -0.493 e. The molecule has 0 aromatic heterocycles. The maximum Gasteiger partial charge on any atom is 0.161 e. The van der Waals surface area contributed by atoms with Crippen molar-refractivity contribution in [3.05, 3.63) is 23.3 Å². The van der Waals surface area contributed by atoms with Crippen LogP contribution in [0.15, 0.2) is 12.1 Å². The molecular weight excluding hydrogens is 302 g/mol. The van der Waals surface area contributed by atoms with Crippen LogP contribution in [-0.2, 0) is 11.2 Å². The highest BCUT2D eigenvalue weighted by Crippen LogP contribution is 2.42. The van der Waals surface area contributed by atoms with Gasteiger partial charge in [0.15, 0.2) is 11.5 Å². The van der Waals surface area contributed by atoms with Crippen LogP contribution in [0, 0.1) is 11.8 Å². The third-order valence-electron chi connectivity index (χ3n) is 4.77. The average Bonchev–Trinajstić information content (AvgIpc) is 2.69. The molecule has 0 N–H and O–H groups in total. The predicted octanol–water partition coefficient (Wildman–Crippen LogP) is 3.63. The van der Waals surface area contributed by atoms with E-state index >= 15 is 0 Å². The maximum atomic E-state index is 13.2. The van der Waals surface area contributed by atoms with Gasteiger partial charge in [-0.1, -0.05) is 20.1 Å². The lowest BCUT2D eigenvalue weighted by Gasteiger charge is -2.43. The molecule has 132 valence electrons. The third kappa shape index (κ3) is 3.16. The lowest BCUT2D eigenvalue weighted by Crippen LogP contribution is -2.46. The lowest BCUT2D eigenvalue weighted by molar-refractivity contribution is -0.129. The van der Waals surface area contributed by atoms with E-state index in [4.69, 9.17) is 24.6 Å². The fourth-order valence-electron chi connectivity index (χ4n) is 3.50. The zero-order valence-electron chi connectivity index (χ0n) is 24.8. The van der Waals surface area contributed by atoms with Crippen LogP contribution in [-0.4, -0.2) is 37.9 Å². The van der Waals surface area contributed by atoms with Gasteiger partial charge in [-0.05, 0) is 41.9 Å². The summed E-state index contributed by atoms with van der Waals surface area (Å²) >= 11 is 0. The molecule has 0 aliphatic carbocycles. The van der Waals surface area contributed by atoms with Crippen LogP contribution >= 0.6 is 0 Å². The van der Waals surface area contributed by atoms with Crippen LogP contribution in [0.3, 0.4) is 0 Å². The minimum absolute atomic E-state index is 0.0397. The van der Waals surface area contributed by atoms with E-state index < -0.39 is 50.3 Å². The summed E-state index contributed by atoms with van der Waals surface area (Å²) in [4.78, 5) is 15.0. The lowest BCUT2D eigenvalue weighted by atomic mass is 9.79. The largest absolute Gasteiger partial charge is 0.493 e. The van der Waals surface area contributed by atoms with Gasteiger partial charge in [0, 0.05) is 42.4 Å². The molecule has 3 unspecified atom stereocenters. The van der Waals surface area contributed by atoms with E-state index in [1.807, 2.05) is 4.90 Å². The Kier molecular flexibility index (Phi) is 2.44. The number of fused-ring (bicyclic) bond motifs is 3. The number of Topliss-reactive ketones (excluding diaryl/α,β-unsaturated/α-hetero) is 1. The number of carbonyl (C=O) groups excluding carboxylic acids is 1. The van der Waals surface area contributed by atoms with Crippen molar-refractivity contribution in [2.45, 2.75) is 45.4 Å². The summed E-state index contributed by atoms with van der Waals surface area (Å²) in [5.41, 5.74) is 1.44. The van der Waals surface area contributed by atoms with E-state index in [0.717, 1.165) is 12.5 Å². The molecule has 24 heavy (non-hydrogen) atoms. The molecule has 2 aliphatic heterocycles. The fourth-order valence-corrected chi connectivity index (χ4v) is 3.50. The smallest absolute Gasteiger partial charge is 0.161 e. The number of carbonyl (C=O) groups is 1.